The van der Waals surface area contributed by atoms with Crippen LogP contribution in [0.4, 0.5) is 5.69 Å². The van der Waals surface area contributed by atoms with Gasteiger partial charge in [-0.05, 0) is 29.8 Å². The van der Waals surface area contributed by atoms with Gasteiger partial charge in [0.05, 0.1) is 36.5 Å². The number of ether oxygens (including phenoxy) is 2. The molecule has 0 atom stereocenters. The molecule has 154 valence electrons. The number of carbonyl (C=O) groups excluding carboxylic acids is 1. The quantitative estimate of drug-likeness (QED) is 0.349. The first kappa shape index (κ1) is 20.6. The maximum atomic E-state index is 12.6. The summed E-state index contributed by atoms with van der Waals surface area (Å²) in [6.07, 6.45) is 1.11. The number of nitro benzene ring substituents is 1. The highest BCUT2D eigenvalue weighted by molar-refractivity contribution is 6.02. The summed E-state index contributed by atoms with van der Waals surface area (Å²) < 4.78 is 10.5. The number of benzene rings is 3. The third-order valence-corrected chi connectivity index (χ3v) is 4.28. The van der Waals surface area contributed by atoms with Crippen molar-refractivity contribution in [1.29, 1.82) is 0 Å². The van der Waals surface area contributed by atoms with Crippen molar-refractivity contribution in [2.45, 2.75) is 6.92 Å². The number of fused-ring (bicyclic) bond motifs is 1. The lowest BCUT2D eigenvalue weighted by Gasteiger charge is -2.09. The first-order valence-corrected chi connectivity index (χ1v) is 8.99. The lowest BCUT2D eigenvalue weighted by Crippen LogP contribution is -2.18. The fourth-order valence-electron chi connectivity index (χ4n) is 2.87. The summed E-state index contributed by atoms with van der Waals surface area (Å²) in [5.41, 5.74) is 2.36. The second-order valence-corrected chi connectivity index (χ2v) is 6.17. The summed E-state index contributed by atoms with van der Waals surface area (Å²) >= 11 is 0. The highest BCUT2D eigenvalue weighted by atomic mass is 16.6. The van der Waals surface area contributed by atoms with E-state index in [1.807, 2.05) is 24.3 Å². The minimum atomic E-state index is -0.613. The molecule has 0 aliphatic carbocycles. The molecule has 2 N–H and O–H groups in total. The third-order valence-electron chi connectivity index (χ3n) is 4.28. The molecule has 9 nitrogen and oxygen atoms in total. The molecule has 0 spiro atoms. The van der Waals surface area contributed by atoms with E-state index in [1.54, 1.807) is 19.1 Å². The number of nitrogens with zero attached hydrogens (tertiary/aromatic N) is 2. The molecule has 3 aromatic rings. The minimum Gasteiger partial charge on any atom is -0.504 e. The fourth-order valence-corrected chi connectivity index (χ4v) is 2.87. The van der Waals surface area contributed by atoms with Gasteiger partial charge in [0.1, 0.15) is 5.75 Å². The zero-order chi connectivity index (χ0) is 21.7. The van der Waals surface area contributed by atoms with Gasteiger partial charge in [-0.2, -0.15) is 5.10 Å². The van der Waals surface area contributed by atoms with Crippen molar-refractivity contribution in [2.24, 2.45) is 5.10 Å². The van der Waals surface area contributed by atoms with Crippen LogP contribution in [0.1, 0.15) is 22.8 Å². The minimum absolute atomic E-state index is 0.0263. The summed E-state index contributed by atoms with van der Waals surface area (Å²) in [5, 5.41) is 26.9. The van der Waals surface area contributed by atoms with Crippen LogP contribution in [0, 0.1) is 10.1 Å². The molecule has 0 unspecified atom stereocenters. The monoisotopic (exact) mass is 409 g/mol. The van der Waals surface area contributed by atoms with Crippen molar-refractivity contribution in [3.8, 4) is 17.2 Å². The van der Waals surface area contributed by atoms with Crippen LogP contribution in [0.3, 0.4) is 0 Å². The van der Waals surface area contributed by atoms with E-state index in [-0.39, 0.29) is 34.9 Å². The Morgan fingerprint density at radius 1 is 1.20 bits per heavy atom. The second-order valence-electron chi connectivity index (χ2n) is 6.17. The normalized spacial score (nSPS) is 10.9. The maximum Gasteiger partial charge on any atom is 0.275 e. The Bertz CT molecular complexity index is 1140. The fraction of sp³-hybridized carbons (Fsp3) is 0.143. The van der Waals surface area contributed by atoms with E-state index < -0.39 is 10.8 Å². The van der Waals surface area contributed by atoms with Gasteiger partial charge < -0.3 is 14.6 Å². The van der Waals surface area contributed by atoms with E-state index in [2.05, 4.69) is 10.5 Å². The smallest absolute Gasteiger partial charge is 0.275 e. The molecule has 0 radical (unpaired) electrons. The summed E-state index contributed by atoms with van der Waals surface area (Å²) in [6.45, 7) is 1.90. The maximum absolute atomic E-state index is 12.6. The number of methoxy groups -OCH3 is 1. The van der Waals surface area contributed by atoms with E-state index in [9.17, 15) is 20.0 Å². The van der Waals surface area contributed by atoms with Gasteiger partial charge in [-0.3, -0.25) is 14.9 Å². The van der Waals surface area contributed by atoms with Crippen LogP contribution in [0.25, 0.3) is 10.8 Å². The molecule has 1 amide bonds. The van der Waals surface area contributed by atoms with Crippen LogP contribution >= 0.6 is 0 Å². The largest absolute Gasteiger partial charge is 0.504 e. The van der Waals surface area contributed by atoms with Crippen LogP contribution in [-0.4, -0.2) is 35.9 Å². The van der Waals surface area contributed by atoms with Gasteiger partial charge in [-0.25, -0.2) is 5.43 Å². The van der Waals surface area contributed by atoms with Gasteiger partial charge in [0.25, 0.3) is 11.6 Å². The number of phenolic OH excluding ortho intramolecular Hbond substituents is 1. The zero-order valence-electron chi connectivity index (χ0n) is 16.3. The van der Waals surface area contributed by atoms with Crippen LogP contribution in [-0.2, 0) is 0 Å². The number of non-ortho nitro benzene ring substituents is 1. The summed E-state index contributed by atoms with van der Waals surface area (Å²) in [5.74, 6) is -0.526. The highest BCUT2D eigenvalue weighted by Crippen LogP contribution is 2.34. The molecular weight excluding hydrogens is 390 g/mol. The molecule has 3 aromatic carbocycles. The summed E-state index contributed by atoms with van der Waals surface area (Å²) in [4.78, 5) is 23.1. The molecular formula is C21H19N3O6. The van der Waals surface area contributed by atoms with Crippen molar-refractivity contribution >= 4 is 28.6 Å². The number of hydrogen-bond acceptors (Lipinski definition) is 7. The molecule has 0 saturated heterocycles. The number of rotatable bonds is 7. The molecule has 0 bridgehead atoms. The summed E-state index contributed by atoms with van der Waals surface area (Å²) in [7, 11) is 1.46. The van der Waals surface area contributed by atoms with Gasteiger partial charge >= 0.3 is 0 Å². The van der Waals surface area contributed by atoms with Crippen molar-refractivity contribution in [1.82, 2.24) is 5.43 Å². The molecule has 3 rings (SSSR count). The van der Waals surface area contributed by atoms with Crippen LogP contribution in [0.2, 0.25) is 0 Å². The van der Waals surface area contributed by atoms with Crippen molar-refractivity contribution in [3.05, 3.63) is 69.8 Å². The second kappa shape index (κ2) is 8.91. The van der Waals surface area contributed by atoms with E-state index in [1.165, 1.54) is 7.11 Å². The van der Waals surface area contributed by atoms with Gasteiger partial charge in [-0.1, -0.05) is 24.3 Å². The average molecular weight is 409 g/mol. The number of hydrazone groups is 1. The lowest BCUT2D eigenvalue weighted by atomic mass is 10.1. The van der Waals surface area contributed by atoms with Crippen LogP contribution in [0.5, 0.6) is 17.2 Å². The highest BCUT2D eigenvalue weighted by Gasteiger charge is 2.17. The molecule has 0 aromatic heterocycles. The topological polar surface area (TPSA) is 123 Å². The van der Waals surface area contributed by atoms with E-state index >= 15 is 0 Å². The van der Waals surface area contributed by atoms with E-state index in [0.717, 1.165) is 29.1 Å². The van der Waals surface area contributed by atoms with Gasteiger partial charge in [-0.15, -0.1) is 0 Å². The number of carbonyl (C=O) groups is 1. The molecule has 0 fully saturated rings. The molecule has 9 heteroatoms. The number of nitrogens with one attached hydrogen (secondary N) is 1. The molecule has 0 heterocycles. The SMILES string of the molecule is CCOc1cc([N+](=O)[O-])cc(/C=N/NC(=O)c2cc3ccccc3cc2OC)c1O. The number of hydrogen-bond donors (Lipinski definition) is 2. The van der Waals surface area contributed by atoms with Gasteiger partial charge in [0.15, 0.2) is 11.5 Å². The predicted octanol–water partition coefficient (Wildman–Crippen LogP) is 3.62. The predicted molar refractivity (Wildman–Crippen MR) is 111 cm³/mol. The van der Waals surface area contributed by atoms with E-state index in [0.29, 0.717) is 5.75 Å². The standard InChI is InChI=1S/C21H19N3O6/c1-3-30-19-11-16(24(27)28)8-15(20(19)25)12-22-23-21(26)17-9-13-6-4-5-7-14(13)10-18(17)29-2/h4-12,25H,3H2,1-2H3,(H,23,26)/b22-12+. The lowest BCUT2D eigenvalue weighted by molar-refractivity contribution is -0.385. The number of aromatic hydroxyl groups is 1. The van der Waals surface area contributed by atoms with Crippen LogP contribution < -0.4 is 14.9 Å². The zero-order valence-corrected chi connectivity index (χ0v) is 16.3. The van der Waals surface area contributed by atoms with Crippen molar-refractivity contribution in [3.63, 3.8) is 0 Å². The molecule has 0 aliphatic heterocycles. The Kier molecular flexibility index (Phi) is 6.11. The third kappa shape index (κ3) is 4.30. The first-order valence-electron chi connectivity index (χ1n) is 8.99. The van der Waals surface area contributed by atoms with Crippen molar-refractivity contribution < 1.29 is 24.3 Å². The Morgan fingerprint density at radius 2 is 1.90 bits per heavy atom. The Labute approximate surface area is 171 Å². The first-order chi connectivity index (χ1) is 14.4. The molecule has 0 aliphatic rings. The van der Waals surface area contributed by atoms with Crippen LogP contribution in [0.15, 0.2) is 53.6 Å². The number of phenols is 1. The average Bonchev–Trinajstić information content (AvgIpc) is 2.75. The molecule has 0 saturated carbocycles. The molecule has 30 heavy (non-hydrogen) atoms. The number of nitro groups is 1. The van der Waals surface area contributed by atoms with E-state index in [4.69, 9.17) is 9.47 Å². The Morgan fingerprint density at radius 3 is 2.53 bits per heavy atom. The summed E-state index contributed by atoms with van der Waals surface area (Å²) in [6, 6.07) is 13.2. The van der Waals surface area contributed by atoms with Gasteiger partial charge in [0, 0.05) is 11.6 Å². The Balaban J connectivity index is 1.87. The number of amides is 1. The Hall–Kier alpha value is -4.14. The van der Waals surface area contributed by atoms with Gasteiger partial charge in [0.2, 0.25) is 0 Å². The van der Waals surface area contributed by atoms with Crippen molar-refractivity contribution in [2.75, 3.05) is 13.7 Å².